The lowest BCUT2D eigenvalue weighted by atomic mass is 9.82. The second-order valence-corrected chi connectivity index (χ2v) is 11.0. The maximum Gasteiger partial charge on any atom is 0.413 e. The van der Waals surface area contributed by atoms with Crippen LogP contribution in [-0.4, -0.2) is 53.2 Å². The number of aryl methyl sites for hydroxylation is 2. The fraction of sp³-hybridized carbons (Fsp3) is 0.433. The summed E-state index contributed by atoms with van der Waals surface area (Å²) in [5.41, 5.74) is 7.10. The summed E-state index contributed by atoms with van der Waals surface area (Å²) in [7, 11) is 0. The van der Waals surface area contributed by atoms with Crippen molar-refractivity contribution in [2.24, 2.45) is 0 Å². The number of nitrogens with zero attached hydrogens (tertiary/aromatic N) is 1. The van der Waals surface area contributed by atoms with Crippen molar-refractivity contribution < 1.29 is 14.3 Å². The van der Waals surface area contributed by atoms with Crippen molar-refractivity contribution in [2.45, 2.75) is 59.3 Å². The molecule has 38 heavy (non-hydrogen) atoms. The summed E-state index contributed by atoms with van der Waals surface area (Å²) in [5.74, 6) is 0.179. The molecule has 202 valence electrons. The number of likely N-dealkylation sites (tertiary alicyclic amines) is 1. The maximum absolute atomic E-state index is 13.4. The van der Waals surface area contributed by atoms with E-state index in [0.717, 1.165) is 59.2 Å². The first-order chi connectivity index (χ1) is 18.1. The van der Waals surface area contributed by atoms with Gasteiger partial charge >= 0.3 is 6.09 Å². The number of fused-ring (bicyclic) bond motifs is 1. The standard InChI is InChI=1S/C30H38N4O3S/c1-6-37-29(36)33-28(38)31-12-11-23-24-18-22(30(4,5)27(35)34-13-7-8-14-34)9-10-25(24)32-26(23)21-16-19(2)15-20(3)17-21/h9-10,15-18,32H,6-8,11-14H2,1-5H3,(H2,31,33,36,38). The molecule has 1 fully saturated rings. The van der Waals surface area contributed by atoms with Gasteiger partial charge in [0.1, 0.15) is 0 Å². The van der Waals surface area contributed by atoms with Gasteiger partial charge < -0.3 is 19.9 Å². The highest BCUT2D eigenvalue weighted by molar-refractivity contribution is 7.80. The Labute approximate surface area is 230 Å². The monoisotopic (exact) mass is 534 g/mol. The van der Waals surface area contributed by atoms with Crippen LogP contribution in [0, 0.1) is 13.8 Å². The maximum atomic E-state index is 13.4. The minimum atomic E-state index is -0.628. The van der Waals surface area contributed by atoms with Gasteiger partial charge in [-0.3, -0.25) is 10.1 Å². The van der Waals surface area contributed by atoms with Gasteiger partial charge in [0.25, 0.3) is 0 Å². The van der Waals surface area contributed by atoms with E-state index < -0.39 is 11.5 Å². The van der Waals surface area contributed by atoms with E-state index in [-0.39, 0.29) is 17.6 Å². The number of rotatable bonds is 7. The highest BCUT2D eigenvalue weighted by Crippen LogP contribution is 2.36. The summed E-state index contributed by atoms with van der Waals surface area (Å²) in [6.07, 6.45) is 2.24. The molecule has 1 aromatic heterocycles. The van der Waals surface area contributed by atoms with Crippen LogP contribution in [-0.2, 0) is 21.4 Å². The average molecular weight is 535 g/mol. The van der Waals surface area contributed by atoms with E-state index in [0.29, 0.717) is 13.0 Å². The van der Waals surface area contributed by atoms with Crippen molar-refractivity contribution in [3.05, 3.63) is 58.7 Å². The van der Waals surface area contributed by atoms with Crippen molar-refractivity contribution in [3.8, 4) is 11.3 Å². The van der Waals surface area contributed by atoms with E-state index >= 15 is 0 Å². The van der Waals surface area contributed by atoms with Crippen molar-refractivity contribution in [2.75, 3.05) is 26.2 Å². The average Bonchev–Trinajstić information content (AvgIpc) is 3.51. The zero-order valence-electron chi connectivity index (χ0n) is 23.0. The molecule has 0 aliphatic carbocycles. The number of aromatic nitrogens is 1. The number of benzene rings is 2. The number of carbonyl (C=O) groups excluding carboxylic acids is 2. The Hall–Kier alpha value is -3.39. The molecule has 0 bridgehead atoms. The van der Waals surface area contributed by atoms with Crippen LogP contribution in [0.15, 0.2) is 36.4 Å². The molecule has 2 heterocycles. The Morgan fingerprint density at radius 2 is 1.76 bits per heavy atom. The van der Waals surface area contributed by atoms with Crippen LogP contribution in [0.25, 0.3) is 22.2 Å². The lowest BCUT2D eigenvalue weighted by Crippen LogP contribution is -2.41. The number of alkyl carbamates (subject to hydrolysis) is 1. The summed E-state index contributed by atoms with van der Waals surface area (Å²) < 4.78 is 4.91. The molecule has 2 amide bonds. The smallest absolute Gasteiger partial charge is 0.413 e. The second kappa shape index (κ2) is 11.6. The summed E-state index contributed by atoms with van der Waals surface area (Å²) in [6, 6.07) is 12.8. The van der Waals surface area contributed by atoms with E-state index in [1.54, 1.807) is 6.92 Å². The van der Waals surface area contributed by atoms with Gasteiger partial charge in [-0.1, -0.05) is 23.3 Å². The lowest BCUT2D eigenvalue weighted by molar-refractivity contribution is -0.135. The third-order valence-corrected chi connectivity index (χ3v) is 7.46. The van der Waals surface area contributed by atoms with E-state index in [1.165, 1.54) is 11.1 Å². The third-order valence-electron chi connectivity index (χ3n) is 7.22. The Morgan fingerprint density at radius 1 is 1.08 bits per heavy atom. The summed E-state index contributed by atoms with van der Waals surface area (Å²) in [4.78, 5) is 30.8. The van der Waals surface area contributed by atoms with Crippen LogP contribution in [0.4, 0.5) is 4.79 Å². The molecule has 0 saturated carbocycles. The molecule has 1 aliphatic rings. The highest BCUT2D eigenvalue weighted by atomic mass is 32.1. The van der Waals surface area contributed by atoms with Crippen molar-refractivity contribution in [3.63, 3.8) is 0 Å². The summed E-state index contributed by atoms with van der Waals surface area (Å²) in [6.45, 7) is 12.5. The van der Waals surface area contributed by atoms with E-state index in [4.69, 9.17) is 17.0 Å². The number of nitrogens with one attached hydrogen (secondary N) is 3. The number of amides is 2. The fourth-order valence-corrected chi connectivity index (χ4v) is 5.49. The molecule has 0 spiro atoms. The molecule has 0 radical (unpaired) electrons. The van der Waals surface area contributed by atoms with E-state index in [9.17, 15) is 9.59 Å². The van der Waals surface area contributed by atoms with Gasteiger partial charge in [0.15, 0.2) is 5.11 Å². The summed E-state index contributed by atoms with van der Waals surface area (Å²) in [5, 5.41) is 6.98. The molecule has 1 saturated heterocycles. The molecule has 3 N–H and O–H groups in total. The van der Waals surface area contributed by atoms with Crippen LogP contribution >= 0.6 is 12.2 Å². The molecule has 0 unspecified atom stereocenters. The minimum Gasteiger partial charge on any atom is -0.450 e. The predicted molar refractivity (Wildman–Crippen MR) is 157 cm³/mol. The normalized spacial score (nSPS) is 13.6. The fourth-order valence-electron chi connectivity index (χ4n) is 5.31. The van der Waals surface area contributed by atoms with Crippen LogP contribution in [0.1, 0.15) is 55.9 Å². The van der Waals surface area contributed by atoms with Gasteiger partial charge in [-0.25, -0.2) is 4.79 Å². The molecule has 7 nitrogen and oxygen atoms in total. The molecule has 4 rings (SSSR count). The number of hydrogen-bond donors (Lipinski definition) is 3. The molecule has 1 aliphatic heterocycles. The topological polar surface area (TPSA) is 86.5 Å². The van der Waals surface area contributed by atoms with Crippen molar-refractivity contribution in [1.82, 2.24) is 20.5 Å². The Bertz CT molecular complexity index is 1330. The lowest BCUT2D eigenvalue weighted by Gasteiger charge is -2.29. The third kappa shape index (κ3) is 6.01. The molecule has 8 heteroatoms. The SMILES string of the molecule is CCOC(=O)NC(=S)NCCc1c(-c2cc(C)cc(C)c2)[nH]c2ccc(C(C)(C)C(=O)N3CCCC3)cc12. The largest absolute Gasteiger partial charge is 0.450 e. The first kappa shape index (κ1) is 27.6. The van der Waals surface area contributed by atoms with Gasteiger partial charge in [-0.05, 0) is 107 Å². The van der Waals surface area contributed by atoms with Crippen molar-refractivity contribution in [1.29, 1.82) is 0 Å². The van der Waals surface area contributed by atoms with Gasteiger partial charge in [0.05, 0.1) is 12.0 Å². The quantitative estimate of drug-likeness (QED) is 0.348. The Balaban J connectivity index is 1.69. The first-order valence-electron chi connectivity index (χ1n) is 13.3. The molecule has 2 aromatic carbocycles. The van der Waals surface area contributed by atoms with E-state index in [2.05, 4.69) is 65.9 Å². The van der Waals surface area contributed by atoms with E-state index in [1.807, 2.05) is 18.7 Å². The Morgan fingerprint density at radius 3 is 2.42 bits per heavy atom. The number of ether oxygens (including phenoxy) is 1. The van der Waals surface area contributed by atoms with Crippen LogP contribution in [0.5, 0.6) is 0 Å². The number of hydrogen-bond acceptors (Lipinski definition) is 4. The van der Waals surface area contributed by atoms with Crippen LogP contribution in [0.3, 0.4) is 0 Å². The van der Waals surface area contributed by atoms with Crippen molar-refractivity contribution >= 4 is 40.2 Å². The van der Waals surface area contributed by atoms with Gasteiger partial charge in [0, 0.05) is 36.2 Å². The van der Waals surface area contributed by atoms with Crippen LogP contribution in [0.2, 0.25) is 0 Å². The highest BCUT2D eigenvalue weighted by Gasteiger charge is 2.35. The zero-order valence-corrected chi connectivity index (χ0v) is 23.8. The van der Waals surface area contributed by atoms with Gasteiger partial charge in [-0.15, -0.1) is 0 Å². The van der Waals surface area contributed by atoms with Gasteiger partial charge in [0.2, 0.25) is 5.91 Å². The first-order valence-corrected chi connectivity index (χ1v) is 13.8. The van der Waals surface area contributed by atoms with Crippen LogP contribution < -0.4 is 10.6 Å². The molecular weight excluding hydrogens is 496 g/mol. The van der Waals surface area contributed by atoms with Gasteiger partial charge in [-0.2, -0.15) is 0 Å². The second-order valence-electron chi connectivity index (χ2n) is 10.6. The predicted octanol–water partition coefficient (Wildman–Crippen LogP) is 5.51. The molecule has 3 aromatic rings. The number of H-pyrrole nitrogens is 1. The number of aromatic amines is 1. The summed E-state index contributed by atoms with van der Waals surface area (Å²) >= 11 is 5.27. The zero-order chi connectivity index (χ0) is 27.4. The molecule has 0 atom stereocenters. The molecular formula is C30H38N4O3S. The Kier molecular flexibility index (Phi) is 8.41. The number of carbonyl (C=O) groups is 2. The number of thiocarbonyl (C=S) groups is 1. The minimum absolute atomic E-state index is 0.179.